The molecule has 0 aliphatic rings. The number of aromatic nitrogens is 1. The zero-order valence-corrected chi connectivity index (χ0v) is 13.4. The second-order valence-corrected chi connectivity index (χ2v) is 5.93. The van der Waals surface area contributed by atoms with E-state index in [1.54, 1.807) is 13.8 Å². The maximum absolute atomic E-state index is 12.7. The molecule has 0 spiro atoms. The number of alkyl halides is 3. The second-order valence-electron chi connectivity index (χ2n) is 5.52. The number of nitrogens with zero attached hydrogens (tertiary/aromatic N) is 2. The van der Waals surface area contributed by atoms with Crippen molar-refractivity contribution in [3.8, 4) is 6.07 Å². The van der Waals surface area contributed by atoms with E-state index in [2.05, 4.69) is 5.32 Å². The van der Waals surface area contributed by atoms with Gasteiger partial charge in [0, 0.05) is 6.20 Å². The minimum absolute atomic E-state index is 0.238. The quantitative estimate of drug-likeness (QED) is 0.907. The van der Waals surface area contributed by atoms with Crippen molar-refractivity contribution >= 4 is 17.5 Å². The Morgan fingerprint density at radius 2 is 2.04 bits per heavy atom. The van der Waals surface area contributed by atoms with Crippen LogP contribution in [0, 0.1) is 17.2 Å². The molecule has 0 saturated carbocycles. The number of halogens is 4. The van der Waals surface area contributed by atoms with Crippen LogP contribution < -0.4 is 10.9 Å². The van der Waals surface area contributed by atoms with E-state index >= 15 is 0 Å². The average Bonchev–Trinajstić information content (AvgIpc) is 2.41. The first kappa shape index (κ1) is 19.0. The Hall–Kier alpha value is -2.01. The Kier molecular flexibility index (Phi) is 5.48. The zero-order chi connectivity index (χ0) is 18.0. The lowest BCUT2D eigenvalue weighted by Crippen LogP contribution is -2.50. The number of amides is 1. The molecule has 1 atom stereocenters. The number of hydrogen-bond donors (Lipinski definition) is 1. The first-order valence-electron chi connectivity index (χ1n) is 6.60. The van der Waals surface area contributed by atoms with E-state index in [1.165, 1.54) is 6.92 Å². The summed E-state index contributed by atoms with van der Waals surface area (Å²) in [5.74, 6) is -1.00. The van der Waals surface area contributed by atoms with Gasteiger partial charge < -0.3 is 9.88 Å². The molecule has 23 heavy (non-hydrogen) atoms. The fourth-order valence-corrected chi connectivity index (χ4v) is 1.88. The van der Waals surface area contributed by atoms with Crippen LogP contribution in [0.2, 0.25) is 5.02 Å². The molecule has 0 unspecified atom stereocenters. The van der Waals surface area contributed by atoms with Crippen LogP contribution in [0.25, 0.3) is 0 Å². The van der Waals surface area contributed by atoms with Crippen LogP contribution in [0.1, 0.15) is 26.3 Å². The van der Waals surface area contributed by atoms with E-state index in [0.717, 1.165) is 0 Å². The number of carbonyl (C=O) groups is 1. The van der Waals surface area contributed by atoms with Gasteiger partial charge in [0.2, 0.25) is 5.91 Å². The SMILES string of the molecule is CC(C)[C@@](C)(C#N)NC(=O)Cn1cc(C(F)(F)F)cc(Cl)c1=O. The molecule has 0 aliphatic carbocycles. The molecule has 1 rings (SSSR count). The van der Waals surface area contributed by atoms with Crippen molar-refractivity contribution in [1.82, 2.24) is 9.88 Å². The van der Waals surface area contributed by atoms with Gasteiger partial charge in [-0.3, -0.25) is 9.59 Å². The van der Waals surface area contributed by atoms with Crippen molar-refractivity contribution in [2.24, 2.45) is 5.92 Å². The average molecular weight is 350 g/mol. The van der Waals surface area contributed by atoms with Crippen molar-refractivity contribution in [3.63, 3.8) is 0 Å². The van der Waals surface area contributed by atoms with E-state index in [-0.39, 0.29) is 5.92 Å². The van der Waals surface area contributed by atoms with Gasteiger partial charge in [-0.1, -0.05) is 25.4 Å². The molecule has 1 amide bonds. The molecule has 0 radical (unpaired) electrons. The number of nitrogens with one attached hydrogen (secondary N) is 1. The van der Waals surface area contributed by atoms with E-state index in [4.69, 9.17) is 16.9 Å². The van der Waals surface area contributed by atoms with Gasteiger partial charge in [-0.05, 0) is 18.9 Å². The van der Waals surface area contributed by atoms with Gasteiger partial charge in [0.25, 0.3) is 5.56 Å². The molecule has 126 valence electrons. The van der Waals surface area contributed by atoms with Crippen molar-refractivity contribution in [2.75, 3.05) is 0 Å². The molecular weight excluding hydrogens is 335 g/mol. The molecule has 1 N–H and O–H groups in total. The highest BCUT2D eigenvalue weighted by Crippen LogP contribution is 2.29. The van der Waals surface area contributed by atoms with Crippen LogP contribution in [-0.2, 0) is 17.5 Å². The third-order valence-corrected chi connectivity index (χ3v) is 3.74. The standard InChI is InChI=1S/C14H15ClF3N3O2/c1-8(2)13(3,7-19)20-11(22)6-21-5-9(14(16,17)18)4-10(15)12(21)23/h4-5,8H,6H2,1-3H3,(H,20,22)/t13-/m1/s1. The summed E-state index contributed by atoms with van der Waals surface area (Å²) >= 11 is 5.50. The summed E-state index contributed by atoms with van der Waals surface area (Å²) in [5, 5.41) is 10.9. The van der Waals surface area contributed by atoms with Gasteiger partial charge in [0.1, 0.15) is 17.1 Å². The summed E-state index contributed by atoms with van der Waals surface area (Å²) in [6, 6.07) is 2.44. The smallest absolute Gasteiger partial charge is 0.336 e. The number of hydrogen-bond acceptors (Lipinski definition) is 3. The van der Waals surface area contributed by atoms with Crippen LogP contribution in [0.4, 0.5) is 13.2 Å². The van der Waals surface area contributed by atoms with Crippen LogP contribution in [0.5, 0.6) is 0 Å². The Bertz CT molecular complexity index is 707. The number of pyridine rings is 1. The molecule has 9 heteroatoms. The highest BCUT2D eigenvalue weighted by Gasteiger charge is 2.33. The van der Waals surface area contributed by atoms with Crippen LogP contribution in [0.3, 0.4) is 0 Å². The van der Waals surface area contributed by atoms with Gasteiger partial charge in [0.15, 0.2) is 0 Å². The lowest BCUT2D eigenvalue weighted by atomic mass is 9.90. The van der Waals surface area contributed by atoms with E-state index in [0.29, 0.717) is 16.8 Å². The lowest BCUT2D eigenvalue weighted by Gasteiger charge is -2.27. The summed E-state index contributed by atoms with van der Waals surface area (Å²) in [5.41, 5.74) is -3.26. The van der Waals surface area contributed by atoms with Crippen LogP contribution in [-0.4, -0.2) is 16.0 Å². The van der Waals surface area contributed by atoms with Crippen molar-refractivity contribution < 1.29 is 18.0 Å². The van der Waals surface area contributed by atoms with Gasteiger partial charge in [-0.15, -0.1) is 0 Å². The van der Waals surface area contributed by atoms with Crippen molar-refractivity contribution in [3.05, 3.63) is 33.2 Å². The summed E-state index contributed by atoms with van der Waals surface area (Å²) < 4.78 is 38.8. The topological polar surface area (TPSA) is 74.9 Å². The molecule has 1 aromatic rings. The summed E-state index contributed by atoms with van der Waals surface area (Å²) in [7, 11) is 0. The Morgan fingerprint density at radius 3 is 2.48 bits per heavy atom. The fraction of sp³-hybridized carbons (Fsp3) is 0.500. The minimum Gasteiger partial charge on any atom is -0.336 e. The Labute approximate surface area is 135 Å². The Balaban J connectivity index is 3.11. The van der Waals surface area contributed by atoms with E-state index < -0.39 is 40.3 Å². The predicted octanol–water partition coefficient (Wildman–Crippen LogP) is 2.57. The summed E-state index contributed by atoms with van der Waals surface area (Å²) in [6.07, 6.45) is -4.18. The van der Waals surface area contributed by atoms with Crippen LogP contribution in [0.15, 0.2) is 17.1 Å². The number of nitriles is 1. The third-order valence-electron chi connectivity index (χ3n) is 3.47. The van der Waals surface area contributed by atoms with E-state index in [9.17, 15) is 22.8 Å². The summed E-state index contributed by atoms with van der Waals surface area (Å²) in [4.78, 5) is 23.7. The first-order valence-corrected chi connectivity index (χ1v) is 6.98. The maximum Gasteiger partial charge on any atom is 0.417 e. The third kappa shape index (κ3) is 4.48. The molecular formula is C14H15ClF3N3O2. The monoisotopic (exact) mass is 349 g/mol. The molecule has 1 heterocycles. The molecule has 1 aromatic heterocycles. The normalized spacial score (nSPS) is 14.2. The van der Waals surface area contributed by atoms with E-state index in [1.807, 2.05) is 6.07 Å². The highest BCUT2D eigenvalue weighted by molar-refractivity contribution is 6.30. The fourth-order valence-electron chi connectivity index (χ4n) is 1.66. The largest absolute Gasteiger partial charge is 0.417 e. The minimum atomic E-state index is -4.70. The molecule has 0 saturated heterocycles. The molecule has 0 aliphatic heterocycles. The van der Waals surface area contributed by atoms with Crippen molar-refractivity contribution in [1.29, 1.82) is 5.26 Å². The molecule has 0 bridgehead atoms. The van der Waals surface area contributed by atoms with Gasteiger partial charge in [-0.25, -0.2) is 0 Å². The molecule has 0 aromatic carbocycles. The predicted molar refractivity (Wildman–Crippen MR) is 77.7 cm³/mol. The highest BCUT2D eigenvalue weighted by atomic mass is 35.5. The van der Waals surface area contributed by atoms with Crippen LogP contribution >= 0.6 is 11.6 Å². The number of rotatable bonds is 4. The summed E-state index contributed by atoms with van der Waals surface area (Å²) in [6.45, 7) is 4.22. The van der Waals surface area contributed by atoms with Gasteiger partial charge in [-0.2, -0.15) is 18.4 Å². The molecule has 5 nitrogen and oxygen atoms in total. The Morgan fingerprint density at radius 1 is 1.48 bits per heavy atom. The van der Waals surface area contributed by atoms with Gasteiger partial charge >= 0.3 is 6.18 Å². The maximum atomic E-state index is 12.7. The van der Waals surface area contributed by atoms with Crippen molar-refractivity contribution in [2.45, 2.75) is 39.0 Å². The van der Waals surface area contributed by atoms with Gasteiger partial charge in [0.05, 0.1) is 11.6 Å². The molecule has 0 fully saturated rings. The second kappa shape index (κ2) is 6.62. The lowest BCUT2D eigenvalue weighted by molar-refractivity contribution is -0.138. The first-order chi connectivity index (χ1) is 10.4. The zero-order valence-electron chi connectivity index (χ0n) is 12.7. The number of carbonyl (C=O) groups excluding carboxylic acids is 1.